The fraction of sp³-hybridized carbons (Fsp3) is 0.229. The van der Waals surface area contributed by atoms with Gasteiger partial charge in [0.15, 0.2) is 0 Å². The number of benzene rings is 4. The molecule has 5 heteroatoms. The van der Waals surface area contributed by atoms with Gasteiger partial charge in [-0.2, -0.15) is 0 Å². The van der Waals surface area contributed by atoms with Crippen LogP contribution in [0.15, 0.2) is 97.1 Å². The lowest BCUT2D eigenvalue weighted by Gasteiger charge is -2.25. The third-order valence-corrected chi connectivity index (χ3v) is 7.88. The van der Waals surface area contributed by atoms with Crippen LogP contribution < -0.4 is 5.73 Å². The number of methoxy groups -OCH3 is 1. The predicted molar refractivity (Wildman–Crippen MR) is 164 cm³/mol. The molecule has 0 aliphatic rings. The summed E-state index contributed by atoms with van der Waals surface area (Å²) in [5.74, 6) is -0.299. The Morgan fingerprint density at radius 2 is 1.55 bits per heavy atom. The van der Waals surface area contributed by atoms with E-state index in [9.17, 15) is 4.79 Å². The number of halogens is 1. The molecule has 0 aliphatic heterocycles. The van der Waals surface area contributed by atoms with Gasteiger partial charge in [-0.3, -0.25) is 0 Å². The Morgan fingerprint density at radius 3 is 2.15 bits per heavy atom. The molecule has 0 amide bonds. The van der Waals surface area contributed by atoms with Crippen molar-refractivity contribution in [2.45, 2.75) is 38.6 Å². The van der Waals surface area contributed by atoms with Crippen LogP contribution in [0.4, 0.5) is 0 Å². The average Bonchev–Trinajstić information content (AvgIpc) is 3.26. The summed E-state index contributed by atoms with van der Waals surface area (Å²) in [6, 6.07) is 33.6. The lowest BCUT2D eigenvalue weighted by atomic mass is 9.97. The Balaban J connectivity index is 1.57. The number of aromatic nitrogens is 1. The lowest BCUT2D eigenvalue weighted by Crippen LogP contribution is -2.18. The Labute approximate surface area is 241 Å². The maximum Gasteiger partial charge on any atom is 0.338 e. The molecule has 0 fully saturated rings. The molecule has 4 aromatic carbocycles. The van der Waals surface area contributed by atoms with Gasteiger partial charge in [-0.25, -0.2) is 4.79 Å². The summed E-state index contributed by atoms with van der Waals surface area (Å²) in [5.41, 5.74) is 15.2. The van der Waals surface area contributed by atoms with E-state index in [1.165, 1.54) is 46.0 Å². The SMILES string of the molecule is COC(=O)c1ccc(CCCc2c(CCN)n(C(c3ccccc3)c3ccccc3)c3ccc(Cl)cc23)cc1C. The normalized spacial score (nSPS) is 11.3. The van der Waals surface area contributed by atoms with Crippen molar-refractivity contribution in [3.05, 3.63) is 141 Å². The quantitative estimate of drug-likeness (QED) is 0.181. The van der Waals surface area contributed by atoms with Gasteiger partial charge in [-0.1, -0.05) is 84.4 Å². The summed E-state index contributed by atoms with van der Waals surface area (Å²) in [7, 11) is 1.41. The number of hydrogen-bond acceptors (Lipinski definition) is 3. The van der Waals surface area contributed by atoms with Crippen LogP contribution in [-0.2, 0) is 24.0 Å². The molecule has 0 saturated heterocycles. The van der Waals surface area contributed by atoms with E-state index in [1.54, 1.807) is 0 Å². The number of hydrogen-bond donors (Lipinski definition) is 1. The first kappa shape index (κ1) is 27.7. The Hall–Kier alpha value is -3.86. The first-order chi connectivity index (χ1) is 19.5. The second-order valence-electron chi connectivity index (χ2n) is 10.2. The molecule has 1 heterocycles. The maximum absolute atomic E-state index is 12.0. The van der Waals surface area contributed by atoms with Gasteiger partial charge in [0.2, 0.25) is 0 Å². The molecule has 0 saturated carbocycles. The highest BCUT2D eigenvalue weighted by atomic mass is 35.5. The van der Waals surface area contributed by atoms with E-state index >= 15 is 0 Å². The molecule has 0 aliphatic carbocycles. The predicted octanol–water partition coefficient (Wildman–Crippen LogP) is 7.70. The van der Waals surface area contributed by atoms with Crippen LogP contribution in [-0.4, -0.2) is 24.2 Å². The minimum atomic E-state index is -0.299. The first-order valence-electron chi connectivity index (χ1n) is 13.8. The lowest BCUT2D eigenvalue weighted by molar-refractivity contribution is 0.0600. The molecule has 1 aromatic heterocycles. The zero-order chi connectivity index (χ0) is 28.1. The van der Waals surface area contributed by atoms with Crippen molar-refractivity contribution in [3.63, 3.8) is 0 Å². The number of rotatable bonds is 10. The molecule has 2 N–H and O–H groups in total. The van der Waals surface area contributed by atoms with Crippen LogP contribution in [0.2, 0.25) is 5.02 Å². The first-order valence-corrected chi connectivity index (χ1v) is 14.2. The van der Waals surface area contributed by atoms with E-state index in [-0.39, 0.29) is 12.0 Å². The molecular formula is C35H35ClN2O2. The molecule has 0 spiro atoms. The van der Waals surface area contributed by atoms with Gasteiger partial charge in [-0.15, -0.1) is 0 Å². The summed E-state index contributed by atoms with van der Waals surface area (Å²) in [6.07, 6.45) is 3.53. The van der Waals surface area contributed by atoms with Gasteiger partial charge < -0.3 is 15.0 Å². The van der Waals surface area contributed by atoms with E-state index < -0.39 is 0 Å². The highest BCUT2D eigenvalue weighted by Gasteiger charge is 2.25. The van der Waals surface area contributed by atoms with Crippen molar-refractivity contribution in [2.75, 3.05) is 13.7 Å². The van der Waals surface area contributed by atoms with Crippen molar-refractivity contribution in [1.29, 1.82) is 0 Å². The third-order valence-electron chi connectivity index (χ3n) is 7.64. The molecular weight excluding hydrogens is 516 g/mol. The number of aryl methyl sites for hydroxylation is 3. The topological polar surface area (TPSA) is 57.2 Å². The van der Waals surface area contributed by atoms with Gasteiger partial charge in [0, 0.05) is 28.0 Å². The van der Waals surface area contributed by atoms with Crippen LogP contribution in [0.1, 0.15) is 56.3 Å². The molecule has 0 atom stereocenters. The zero-order valence-electron chi connectivity index (χ0n) is 23.1. The van der Waals surface area contributed by atoms with E-state index in [2.05, 4.69) is 83.4 Å². The van der Waals surface area contributed by atoms with E-state index in [1.807, 2.05) is 25.1 Å². The summed E-state index contributed by atoms with van der Waals surface area (Å²) >= 11 is 6.57. The molecule has 0 unspecified atom stereocenters. The smallest absolute Gasteiger partial charge is 0.338 e. The number of fused-ring (bicyclic) bond motifs is 1. The highest BCUT2D eigenvalue weighted by molar-refractivity contribution is 6.31. The number of esters is 1. The van der Waals surface area contributed by atoms with Gasteiger partial charge in [0.05, 0.1) is 18.7 Å². The van der Waals surface area contributed by atoms with Gasteiger partial charge in [0.1, 0.15) is 0 Å². The van der Waals surface area contributed by atoms with Crippen LogP contribution in [0, 0.1) is 6.92 Å². The molecule has 40 heavy (non-hydrogen) atoms. The van der Waals surface area contributed by atoms with Crippen LogP contribution in [0.5, 0.6) is 0 Å². The molecule has 5 aromatic rings. The second-order valence-corrected chi connectivity index (χ2v) is 10.7. The van der Waals surface area contributed by atoms with Crippen molar-refractivity contribution in [1.82, 2.24) is 4.57 Å². The number of carbonyl (C=O) groups is 1. The largest absolute Gasteiger partial charge is 0.465 e. The monoisotopic (exact) mass is 550 g/mol. The Morgan fingerprint density at radius 1 is 0.875 bits per heavy atom. The molecule has 4 nitrogen and oxygen atoms in total. The maximum atomic E-state index is 12.0. The fourth-order valence-electron chi connectivity index (χ4n) is 5.84. The highest BCUT2D eigenvalue weighted by Crippen LogP contribution is 2.38. The van der Waals surface area contributed by atoms with E-state index in [0.29, 0.717) is 12.1 Å². The summed E-state index contributed by atoms with van der Waals surface area (Å²) in [6.45, 7) is 2.51. The number of carbonyl (C=O) groups excluding carboxylic acids is 1. The summed E-state index contributed by atoms with van der Waals surface area (Å²) in [4.78, 5) is 12.0. The minimum absolute atomic E-state index is 0.00916. The van der Waals surface area contributed by atoms with Gasteiger partial charge in [-0.05, 0) is 84.8 Å². The Bertz CT molecular complexity index is 1570. The van der Waals surface area contributed by atoms with E-state index in [0.717, 1.165) is 36.3 Å². The van der Waals surface area contributed by atoms with Gasteiger partial charge >= 0.3 is 5.97 Å². The van der Waals surface area contributed by atoms with Crippen molar-refractivity contribution >= 4 is 28.5 Å². The van der Waals surface area contributed by atoms with Crippen LogP contribution >= 0.6 is 11.6 Å². The third kappa shape index (κ3) is 5.70. The second kappa shape index (κ2) is 12.5. The van der Waals surface area contributed by atoms with Crippen molar-refractivity contribution in [2.24, 2.45) is 5.73 Å². The standard InChI is InChI=1S/C35H35ClN2O2/c1-24-22-25(16-18-29(24)35(39)40-2)10-9-15-30-31-23-28(36)17-19-32(31)38(33(30)20-21-37)34(26-11-5-3-6-12-26)27-13-7-4-8-14-27/h3-8,11-14,16-19,22-23,34H,9-10,15,20-21,37H2,1-2H3. The minimum Gasteiger partial charge on any atom is -0.465 e. The Kier molecular flexibility index (Phi) is 8.69. The van der Waals surface area contributed by atoms with Crippen molar-refractivity contribution in [3.8, 4) is 0 Å². The number of nitrogens with two attached hydrogens (primary N) is 1. The summed E-state index contributed by atoms with van der Waals surface area (Å²) < 4.78 is 7.39. The van der Waals surface area contributed by atoms with Crippen LogP contribution in [0.25, 0.3) is 10.9 Å². The average molecular weight is 551 g/mol. The zero-order valence-corrected chi connectivity index (χ0v) is 23.8. The number of ether oxygens (including phenoxy) is 1. The fourth-order valence-corrected chi connectivity index (χ4v) is 6.01. The van der Waals surface area contributed by atoms with Gasteiger partial charge in [0.25, 0.3) is 0 Å². The van der Waals surface area contributed by atoms with Crippen molar-refractivity contribution < 1.29 is 9.53 Å². The molecule has 0 bridgehead atoms. The molecule has 204 valence electrons. The van der Waals surface area contributed by atoms with Crippen LogP contribution in [0.3, 0.4) is 0 Å². The number of nitrogens with zero attached hydrogens (tertiary/aromatic N) is 1. The molecule has 0 radical (unpaired) electrons. The summed E-state index contributed by atoms with van der Waals surface area (Å²) in [5, 5.41) is 1.92. The molecule has 5 rings (SSSR count). The van der Waals surface area contributed by atoms with E-state index in [4.69, 9.17) is 22.1 Å².